The van der Waals surface area contributed by atoms with Crippen LogP contribution in [0, 0.1) is 0 Å². The number of sulfonamides is 1. The molecule has 0 bridgehead atoms. The highest BCUT2D eigenvalue weighted by Crippen LogP contribution is 2.47. The molecule has 37 heavy (non-hydrogen) atoms. The van der Waals surface area contributed by atoms with Gasteiger partial charge in [0.25, 0.3) is 0 Å². The number of ether oxygens (including phenoxy) is 1. The summed E-state index contributed by atoms with van der Waals surface area (Å²) in [5, 5.41) is 5.75. The van der Waals surface area contributed by atoms with Crippen LogP contribution in [0.4, 0.5) is 5.69 Å². The molecule has 2 aromatic rings. The first-order chi connectivity index (χ1) is 17.6. The van der Waals surface area contributed by atoms with Crippen molar-refractivity contribution in [1.82, 2.24) is 15.5 Å². The Balaban J connectivity index is 1.45. The molecule has 2 atom stereocenters. The smallest absolute Gasteiger partial charge is 0.247 e. The zero-order valence-electron chi connectivity index (χ0n) is 21.6. The molecule has 1 spiro atoms. The van der Waals surface area contributed by atoms with Gasteiger partial charge >= 0.3 is 0 Å². The highest BCUT2D eigenvalue weighted by Gasteiger charge is 2.47. The van der Waals surface area contributed by atoms with Crippen molar-refractivity contribution in [1.29, 1.82) is 0 Å². The molecule has 0 saturated carbocycles. The third-order valence-electron chi connectivity index (χ3n) is 7.46. The lowest BCUT2D eigenvalue weighted by molar-refractivity contribution is -0.140. The van der Waals surface area contributed by atoms with Gasteiger partial charge in [-0.3, -0.25) is 13.9 Å². The van der Waals surface area contributed by atoms with Gasteiger partial charge in [-0.05, 0) is 44.0 Å². The van der Waals surface area contributed by atoms with Crippen LogP contribution in [0.15, 0.2) is 54.6 Å². The van der Waals surface area contributed by atoms with Gasteiger partial charge in [0.1, 0.15) is 6.04 Å². The Morgan fingerprint density at radius 3 is 2.35 bits per heavy atom. The van der Waals surface area contributed by atoms with E-state index in [1.807, 2.05) is 54.6 Å². The average Bonchev–Trinajstić information content (AvgIpc) is 3.22. The summed E-state index contributed by atoms with van der Waals surface area (Å²) < 4.78 is 32.3. The van der Waals surface area contributed by atoms with Gasteiger partial charge in [-0.25, -0.2) is 8.42 Å². The fraction of sp³-hybridized carbons (Fsp3) is 0.481. The molecule has 10 heteroatoms. The fourth-order valence-electron chi connectivity index (χ4n) is 5.16. The average molecular weight is 529 g/mol. The predicted molar refractivity (Wildman–Crippen MR) is 143 cm³/mol. The van der Waals surface area contributed by atoms with Gasteiger partial charge < -0.3 is 20.3 Å². The topological polar surface area (TPSA) is 108 Å². The quantitative estimate of drug-likeness (QED) is 0.512. The number of rotatable bonds is 9. The lowest BCUT2D eigenvalue weighted by Crippen LogP contribution is -2.57. The predicted octanol–water partition coefficient (Wildman–Crippen LogP) is 1.64. The van der Waals surface area contributed by atoms with Crippen LogP contribution >= 0.6 is 0 Å². The molecular weight excluding hydrogens is 492 g/mol. The normalized spacial score (nSPS) is 18.4. The van der Waals surface area contributed by atoms with E-state index in [2.05, 4.69) is 10.6 Å². The molecule has 0 aromatic heterocycles. The summed E-state index contributed by atoms with van der Waals surface area (Å²) in [7, 11) is -1.72. The van der Waals surface area contributed by atoms with Crippen molar-refractivity contribution < 1.29 is 22.7 Å². The van der Waals surface area contributed by atoms with Crippen molar-refractivity contribution in [3.05, 3.63) is 65.7 Å². The first-order valence-electron chi connectivity index (χ1n) is 12.6. The van der Waals surface area contributed by atoms with E-state index in [-0.39, 0.29) is 23.8 Å². The standard InChI is InChI=1S/C27H36N4O5S/c1-20(28-2)25(32)29-23(18-36-17-21-9-5-4-6-10-21)26(33)30-15-13-27(14-16-30)19-31(37(3,34)35)24-12-8-7-11-22(24)27/h4-12,20,23,28H,13-19H2,1-3H3,(H,29,32)/t20-,23-/m1/s1. The molecule has 1 saturated heterocycles. The monoisotopic (exact) mass is 528 g/mol. The molecule has 200 valence electrons. The van der Waals surface area contributed by atoms with Gasteiger partial charge in [0.15, 0.2) is 0 Å². The molecular formula is C27H36N4O5S. The van der Waals surface area contributed by atoms with E-state index in [4.69, 9.17) is 4.74 Å². The Kier molecular flexibility index (Phi) is 8.20. The molecule has 0 unspecified atom stereocenters. The number of benzene rings is 2. The maximum Gasteiger partial charge on any atom is 0.247 e. The highest BCUT2D eigenvalue weighted by atomic mass is 32.2. The summed E-state index contributed by atoms with van der Waals surface area (Å²) in [6.45, 7) is 3.45. The second-order valence-electron chi connectivity index (χ2n) is 9.96. The number of likely N-dealkylation sites (tertiary alicyclic amines) is 1. The van der Waals surface area contributed by atoms with Crippen molar-refractivity contribution in [3.63, 3.8) is 0 Å². The number of carbonyl (C=O) groups is 2. The molecule has 0 aliphatic carbocycles. The van der Waals surface area contributed by atoms with Crippen LogP contribution in [0.1, 0.15) is 30.9 Å². The molecule has 2 amide bonds. The lowest BCUT2D eigenvalue weighted by atomic mass is 9.74. The van der Waals surface area contributed by atoms with Crippen molar-refractivity contribution in [2.75, 3.05) is 43.8 Å². The molecule has 4 rings (SSSR count). The van der Waals surface area contributed by atoms with Crippen LogP contribution < -0.4 is 14.9 Å². The van der Waals surface area contributed by atoms with E-state index in [1.165, 1.54) is 10.6 Å². The SMILES string of the molecule is CN[C@H](C)C(=O)N[C@H](COCc1ccccc1)C(=O)N1CCC2(CC1)CN(S(C)(=O)=O)c1ccccc12. The van der Waals surface area contributed by atoms with Gasteiger partial charge in [-0.1, -0.05) is 48.5 Å². The number of hydrogen-bond donors (Lipinski definition) is 2. The van der Waals surface area contributed by atoms with Crippen molar-refractivity contribution in [2.24, 2.45) is 0 Å². The summed E-state index contributed by atoms with van der Waals surface area (Å²) in [6, 6.07) is 16.0. The molecule has 2 aliphatic rings. The van der Waals surface area contributed by atoms with Gasteiger partial charge in [0.05, 0.1) is 31.2 Å². The lowest BCUT2D eigenvalue weighted by Gasteiger charge is -2.41. The molecule has 1 fully saturated rings. The maximum absolute atomic E-state index is 13.6. The van der Waals surface area contributed by atoms with Crippen LogP contribution in [0.3, 0.4) is 0 Å². The summed E-state index contributed by atoms with van der Waals surface area (Å²) in [5.41, 5.74) is 2.40. The number of nitrogens with one attached hydrogen (secondary N) is 2. The number of fused-ring (bicyclic) bond motifs is 2. The zero-order chi connectivity index (χ0) is 26.6. The molecule has 9 nitrogen and oxygen atoms in total. The number of amides is 2. The van der Waals surface area contributed by atoms with Crippen LogP contribution in [0.25, 0.3) is 0 Å². The zero-order valence-corrected chi connectivity index (χ0v) is 22.5. The Labute approximate surface area is 219 Å². The third-order valence-corrected chi connectivity index (χ3v) is 8.59. The van der Waals surface area contributed by atoms with Crippen LogP contribution in [-0.4, -0.2) is 76.8 Å². The number of piperidine rings is 1. The Hall–Kier alpha value is -2.95. The summed E-state index contributed by atoms with van der Waals surface area (Å²) >= 11 is 0. The van der Waals surface area contributed by atoms with E-state index < -0.39 is 22.1 Å². The third kappa shape index (κ3) is 5.97. The second-order valence-corrected chi connectivity index (χ2v) is 11.9. The van der Waals surface area contributed by atoms with Crippen molar-refractivity contribution in [3.8, 4) is 0 Å². The minimum atomic E-state index is -3.41. The Morgan fingerprint density at radius 1 is 1.05 bits per heavy atom. The minimum Gasteiger partial charge on any atom is -0.374 e. The van der Waals surface area contributed by atoms with E-state index in [0.29, 0.717) is 39.1 Å². The van der Waals surface area contributed by atoms with Gasteiger partial charge in [-0.15, -0.1) is 0 Å². The molecule has 2 N–H and O–H groups in total. The van der Waals surface area contributed by atoms with Gasteiger partial charge in [0, 0.05) is 25.0 Å². The minimum absolute atomic E-state index is 0.0578. The van der Waals surface area contributed by atoms with Crippen molar-refractivity contribution >= 4 is 27.5 Å². The molecule has 0 radical (unpaired) electrons. The van der Waals surface area contributed by atoms with E-state index in [1.54, 1.807) is 18.9 Å². The molecule has 2 aromatic carbocycles. The Morgan fingerprint density at radius 2 is 1.70 bits per heavy atom. The highest BCUT2D eigenvalue weighted by molar-refractivity contribution is 7.92. The van der Waals surface area contributed by atoms with Gasteiger partial charge in [-0.2, -0.15) is 0 Å². The van der Waals surface area contributed by atoms with Crippen LogP contribution in [0.2, 0.25) is 0 Å². The number of anilines is 1. The fourth-order valence-corrected chi connectivity index (χ4v) is 6.15. The first-order valence-corrected chi connectivity index (χ1v) is 14.4. The second kappa shape index (κ2) is 11.2. The summed E-state index contributed by atoms with van der Waals surface area (Å²) in [5.74, 6) is -0.461. The number of nitrogens with zero attached hydrogens (tertiary/aromatic N) is 2. The van der Waals surface area contributed by atoms with Gasteiger partial charge in [0.2, 0.25) is 21.8 Å². The Bertz CT molecular complexity index is 1210. The molecule has 2 heterocycles. The van der Waals surface area contributed by atoms with Crippen molar-refractivity contribution in [2.45, 2.75) is 43.9 Å². The van der Waals surface area contributed by atoms with E-state index in [0.717, 1.165) is 16.8 Å². The number of likely N-dealkylation sites (N-methyl/N-ethyl adjacent to an activating group) is 1. The largest absolute Gasteiger partial charge is 0.374 e. The van der Waals surface area contributed by atoms with E-state index in [9.17, 15) is 18.0 Å². The number of hydrogen-bond acceptors (Lipinski definition) is 6. The molecule has 2 aliphatic heterocycles. The van der Waals surface area contributed by atoms with Crippen LogP contribution in [0.5, 0.6) is 0 Å². The van der Waals surface area contributed by atoms with Crippen LogP contribution in [-0.2, 0) is 36.4 Å². The summed E-state index contributed by atoms with van der Waals surface area (Å²) in [4.78, 5) is 27.9. The number of carbonyl (C=O) groups excluding carboxylic acids is 2. The first kappa shape index (κ1) is 27.1. The van der Waals surface area contributed by atoms with E-state index >= 15 is 0 Å². The maximum atomic E-state index is 13.6. The number of para-hydroxylation sites is 1. The summed E-state index contributed by atoms with van der Waals surface area (Å²) in [6.07, 6.45) is 2.51.